The molecule has 0 saturated carbocycles. The van der Waals surface area contributed by atoms with Gasteiger partial charge >= 0.3 is 0 Å². The number of H-pyrrole nitrogens is 1. The Bertz CT molecular complexity index is 421. The molecule has 4 heteroatoms. The van der Waals surface area contributed by atoms with Crippen molar-refractivity contribution in [2.75, 3.05) is 18.0 Å². The van der Waals surface area contributed by atoms with E-state index in [4.69, 9.17) is 0 Å². The number of hydrogen-bond acceptors (Lipinski definition) is 3. The van der Waals surface area contributed by atoms with E-state index >= 15 is 0 Å². The van der Waals surface area contributed by atoms with Gasteiger partial charge in [0.1, 0.15) is 0 Å². The summed E-state index contributed by atoms with van der Waals surface area (Å²) < 4.78 is 0. The Labute approximate surface area is 102 Å². The van der Waals surface area contributed by atoms with Crippen LogP contribution in [0.2, 0.25) is 0 Å². The molecule has 94 valence electrons. The molecule has 1 aromatic rings. The van der Waals surface area contributed by atoms with Gasteiger partial charge in [-0.3, -0.25) is 9.78 Å². The van der Waals surface area contributed by atoms with E-state index < -0.39 is 0 Å². The van der Waals surface area contributed by atoms with Crippen LogP contribution < -0.4 is 10.5 Å². The van der Waals surface area contributed by atoms with E-state index in [1.807, 2.05) is 0 Å². The summed E-state index contributed by atoms with van der Waals surface area (Å²) in [5, 5.41) is 0. The molecular formula is C13H21N3O. The van der Waals surface area contributed by atoms with Gasteiger partial charge in [0.05, 0.1) is 0 Å². The van der Waals surface area contributed by atoms with E-state index in [9.17, 15) is 4.79 Å². The van der Waals surface area contributed by atoms with Crippen LogP contribution in [0.5, 0.6) is 0 Å². The van der Waals surface area contributed by atoms with Gasteiger partial charge in [-0.1, -0.05) is 13.8 Å². The van der Waals surface area contributed by atoms with Crippen molar-refractivity contribution >= 4 is 5.95 Å². The largest absolute Gasteiger partial charge is 0.342 e. The molecule has 1 atom stereocenters. The van der Waals surface area contributed by atoms with Crippen molar-refractivity contribution in [3.8, 4) is 0 Å². The first kappa shape index (κ1) is 12.1. The summed E-state index contributed by atoms with van der Waals surface area (Å²) in [7, 11) is 0. The summed E-state index contributed by atoms with van der Waals surface area (Å²) in [6, 6.07) is 0. The average molecular weight is 235 g/mol. The third-order valence-corrected chi connectivity index (χ3v) is 3.61. The zero-order valence-corrected chi connectivity index (χ0v) is 10.7. The van der Waals surface area contributed by atoms with E-state index in [1.165, 1.54) is 19.3 Å². The molecule has 1 N–H and O–H groups in total. The summed E-state index contributed by atoms with van der Waals surface area (Å²) in [6.07, 6.45) is 6.38. The van der Waals surface area contributed by atoms with Crippen LogP contribution >= 0.6 is 0 Å². The number of nitrogens with zero attached hydrogens (tertiary/aromatic N) is 2. The molecule has 0 amide bonds. The Morgan fingerprint density at radius 1 is 1.41 bits per heavy atom. The van der Waals surface area contributed by atoms with Crippen molar-refractivity contribution < 1.29 is 0 Å². The van der Waals surface area contributed by atoms with Crippen LogP contribution in [-0.2, 0) is 0 Å². The topological polar surface area (TPSA) is 49.0 Å². The third kappa shape index (κ3) is 2.68. The maximum absolute atomic E-state index is 12.0. The average Bonchev–Trinajstić information content (AvgIpc) is 2.39. The minimum absolute atomic E-state index is 0.0231. The zero-order valence-electron chi connectivity index (χ0n) is 10.7. The quantitative estimate of drug-likeness (QED) is 0.874. The summed E-state index contributed by atoms with van der Waals surface area (Å²) in [4.78, 5) is 21.5. The minimum atomic E-state index is 0.0231. The lowest BCUT2D eigenvalue weighted by molar-refractivity contribution is 0.566. The Balaban J connectivity index is 2.21. The van der Waals surface area contributed by atoms with Crippen LogP contribution in [0.4, 0.5) is 5.95 Å². The van der Waals surface area contributed by atoms with E-state index in [0.717, 1.165) is 31.0 Å². The second-order valence-corrected chi connectivity index (χ2v) is 4.85. The highest BCUT2D eigenvalue weighted by Gasteiger charge is 2.15. The smallest absolute Gasteiger partial charge is 0.255 e. The first-order valence-electron chi connectivity index (χ1n) is 6.56. The van der Waals surface area contributed by atoms with Crippen LogP contribution in [-0.4, -0.2) is 23.1 Å². The Kier molecular flexibility index (Phi) is 3.82. The van der Waals surface area contributed by atoms with Gasteiger partial charge in [0, 0.05) is 24.8 Å². The van der Waals surface area contributed by atoms with E-state index in [1.54, 1.807) is 6.20 Å². The van der Waals surface area contributed by atoms with E-state index in [-0.39, 0.29) is 11.5 Å². The van der Waals surface area contributed by atoms with Crippen LogP contribution in [0.1, 0.15) is 51.0 Å². The molecule has 1 aliphatic rings. The molecule has 2 rings (SSSR count). The number of anilines is 1. The van der Waals surface area contributed by atoms with Gasteiger partial charge in [-0.05, 0) is 31.6 Å². The molecule has 0 aliphatic carbocycles. The standard InChI is InChI=1S/C13H21N3O/c1-3-10(2)11-9-14-13(15-12(11)17)16-7-5-4-6-8-16/h9-10H,3-8H2,1-2H3,(H,14,15,17). The third-order valence-electron chi connectivity index (χ3n) is 3.61. The van der Waals surface area contributed by atoms with Crippen LogP contribution in [0.15, 0.2) is 11.0 Å². The summed E-state index contributed by atoms with van der Waals surface area (Å²) in [6.45, 7) is 6.16. The molecule has 0 aromatic carbocycles. The summed E-state index contributed by atoms with van der Waals surface area (Å²) in [5.74, 6) is 1.02. The lowest BCUT2D eigenvalue weighted by atomic mass is 10.0. The fraction of sp³-hybridized carbons (Fsp3) is 0.692. The zero-order chi connectivity index (χ0) is 12.3. The minimum Gasteiger partial charge on any atom is -0.342 e. The van der Waals surface area contributed by atoms with Gasteiger partial charge in [0.2, 0.25) is 5.95 Å². The maximum atomic E-state index is 12.0. The maximum Gasteiger partial charge on any atom is 0.255 e. The highest BCUT2D eigenvalue weighted by molar-refractivity contribution is 5.30. The molecule has 0 spiro atoms. The molecular weight excluding hydrogens is 214 g/mol. The molecule has 1 unspecified atom stereocenters. The van der Waals surface area contributed by atoms with Gasteiger partial charge < -0.3 is 4.90 Å². The molecule has 0 radical (unpaired) electrons. The van der Waals surface area contributed by atoms with Crippen molar-refractivity contribution in [1.82, 2.24) is 9.97 Å². The Morgan fingerprint density at radius 2 is 2.12 bits per heavy atom. The first-order chi connectivity index (χ1) is 8.22. The number of nitrogens with one attached hydrogen (secondary N) is 1. The second-order valence-electron chi connectivity index (χ2n) is 4.85. The van der Waals surface area contributed by atoms with Crippen molar-refractivity contribution in [3.63, 3.8) is 0 Å². The fourth-order valence-electron chi connectivity index (χ4n) is 2.23. The van der Waals surface area contributed by atoms with Gasteiger partial charge in [0.25, 0.3) is 5.56 Å². The lowest BCUT2D eigenvalue weighted by Crippen LogP contribution is -2.33. The predicted molar refractivity (Wildman–Crippen MR) is 69.6 cm³/mol. The Morgan fingerprint density at radius 3 is 2.71 bits per heavy atom. The SMILES string of the molecule is CCC(C)c1cnc(N2CCCCC2)[nH]c1=O. The van der Waals surface area contributed by atoms with Crippen LogP contribution in [0.25, 0.3) is 0 Å². The second kappa shape index (κ2) is 5.34. The van der Waals surface area contributed by atoms with Crippen LogP contribution in [0.3, 0.4) is 0 Å². The number of aromatic nitrogens is 2. The van der Waals surface area contributed by atoms with Crippen molar-refractivity contribution in [1.29, 1.82) is 0 Å². The highest BCUT2D eigenvalue weighted by atomic mass is 16.1. The summed E-state index contributed by atoms with van der Waals surface area (Å²) >= 11 is 0. The highest BCUT2D eigenvalue weighted by Crippen LogP contribution is 2.17. The fourth-order valence-corrected chi connectivity index (χ4v) is 2.23. The van der Waals surface area contributed by atoms with Gasteiger partial charge in [-0.25, -0.2) is 4.98 Å². The molecule has 1 fully saturated rings. The van der Waals surface area contributed by atoms with Gasteiger partial charge in [-0.15, -0.1) is 0 Å². The number of piperidine rings is 1. The van der Waals surface area contributed by atoms with Crippen molar-refractivity contribution in [2.24, 2.45) is 0 Å². The van der Waals surface area contributed by atoms with E-state index in [0.29, 0.717) is 0 Å². The molecule has 17 heavy (non-hydrogen) atoms. The monoisotopic (exact) mass is 235 g/mol. The van der Waals surface area contributed by atoms with Crippen molar-refractivity contribution in [2.45, 2.75) is 45.4 Å². The number of rotatable bonds is 3. The van der Waals surface area contributed by atoms with Gasteiger partial charge in [-0.2, -0.15) is 0 Å². The van der Waals surface area contributed by atoms with Gasteiger partial charge in [0.15, 0.2) is 0 Å². The van der Waals surface area contributed by atoms with E-state index in [2.05, 4.69) is 28.7 Å². The molecule has 1 aliphatic heterocycles. The first-order valence-corrected chi connectivity index (χ1v) is 6.56. The lowest BCUT2D eigenvalue weighted by Gasteiger charge is -2.27. The molecule has 1 aromatic heterocycles. The predicted octanol–water partition coefficient (Wildman–Crippen LogP) is 2.27. The van der Waals surface area contributed by atoms with Crippen LogP contribution in [0, 0.1) is 0 Å². The number of aromatic amines is 1. The normalized spacial score (nSPS) is 18.1. The summed E-state index contributed by atoms with van der Waals surface area (Å²) in [5.41, 5.74) is 0.822. The molecule has 0 bridgehead atoms. The molecule has 1 saturated heterocycles. The molecule has 2 heterocycles. The molecule has 4 nitrogen and oxygen atoms in total. The number of hydrogen-bond donors (Lipinski definition) is 1. The van der Waals surface area contributed by atoms with Crippen molar-refractivity contribution in [3.05, 3.63) is 22.1 Å². The Hall–Kier alpha value is -1.32.